The van der Waals surface area contributed by atoms with Crippen molar-refractivity contribution in [2.75, 3.05) is 13.1 Å². The predicted octanol–water partition coefficient (Wildman–Crippen LogP) is 1.59. The van der Waals surface area contributed by atoms with Crippen molar-refractivity contribution in [3.63, 3.8) is 0 Å². The highest BCUT2D eigenvalue weighted by Gasteiger charge is 2.18. The predicted molar refractivity (Wildman–Crippen MR) is 68.4 cm³/mol. The summed E-state index contributed by atoms with van der Waals surface area (Å²) in [4.78, 5) is 27.4. The Kier molecular flexibility index (Phi) is 3.68. The van der Waals surface area contributed by atoms with Crippen LogP contribution in [0.2, 0.25) is 0 Å². The maximum absolute atomic E-state index is 11.9. The second-order valence-corrected chi connectivity index (χ2v) is 4.61. The average Bonchev–Trinajstić information content (AvgIpc) is 2.33. The first-order valence-electron chi connectivity index (χ1n) is 5.27. The summed E-state index contributed by atoms with van der Waals surface area (Å²) >= 11 is 3.30. The van der Waals surface area contributed by atoms with Gasteiger partial charge in [0, 0.05) is 16.6 Å². The molecule has 0 aromatic heterocycles. The molecule has 0 spiro atoms. The highest BCUT2D eigenvalue weighted by Crippen LogP contribution is 2.12. The lowest BCUT2D eigenvalue weighted by molar-refractivity contribution is -0.115. The first-order valence-corrected chi connectivity index (χ1v) is 6.06. The summed E-state index contributed by atoms with van der Waals surface area (Å²) < 4.78 is 0.918. The maximum atomic E-state index is 11.9. The van der Waals surface area contributed by atoms with E-state index < -0.39 is 0 Å². The molecule has 1 aliphatic rings. The van der Waals surface area contributed by atoms with Gasteiger partial charge in [-0.2, -0.15) is 0 Å². The minimum Gasteiger partial charge on any atom is -0.349 e. The molecule has 5 heteroatoms. The van der Waals surface area contributed by atoms with E-state index in [0.717, 1.165) is 4.47 Å². The number of benzene rings is 1. The number of rotatable bonds is 3. The molecule has 1 aromatic carbocycles. The largest absolute Gasteiger partial charge is 0.349 e. The third-order valence-corrected chi connectivity index (χ3v) is 2.98. The molecule has 4 nitrogen and oxygen atoms in total. The molecule has 0 saturated heterocycles. The molecule has 1 aliphatic heterocycles. The van der Waals surface area contributed by atoms with Crippen LogP contribution in [0.5, 0.6) is 0 Å². The number of hydrogen-bond acceptors (Lipinski definition) is 3. The molecule has 0 unspecified atom stereocenters. The quantitative estimate of drug-likeness (QED) is 0.861. The Morgan fingerprint density at radius 2 is 2.06 bits per heavy atom. The molecule has 1 N–H and O–H groups in total. The molecule has 1 heterocycles. The number of nitrogens with zero attached hydrogens (tertiary/aromatic N) is 1. The SMILES string of the molecule is O=C1NCCN=C1CC(=O)c1ccc(Br)cc1. The first-order chi connectivity index (χ1) is 8.16. The Labute approximate surface area is 107 Å². The highest BCUT2D eigenvalue weighted by atomic mass is 79.9. The Bertz CT molecular complexity index is 480. The molecule has 0 aliphatic carbocycles. The molecule has 0 saturated carbocycles. The minimum atomic E-state index is -0.235. The van der Waals surface area contributed by atoms with Crippen LogP contribution in [-0.2, 0) is 4.79 Å². The highest BCUT2D eigenvalue weighted by molar-refractivity contribution is 9.10. The van der Waals surface area contributed by atoms with Gasteiger partial charge in [-0.15, -0.1) is 0 Å². The Morgan fingerprint density at radius 1 is 1.35 bits per heavy atom. The van der Waals surface area contributed by atoms with E-state index in [4.69, 9.17) is 0 Å². The number of carbonyl (C=O) groups is 2. The lowest BCUT2D eigenvalue weighted by Crippen LogP contribution is -2.38. The van der Waals surface area contributed by atoms with Gasteiger partial charge in [-0.25, -0.2) is 0 Å². The smallest absolute Gasteiger partial charge is 0.265 e. The fourth-order valence-corrected chi connectivity index (χ4v) is 1.82. The second-order valence-electron chi connectivity index (χ2n) is 3.69. The summed E-state index contributed by atoms with van der Waals surface area (Å²) in [7, 11) is 0. The van der Waals surface area contributed by atoms with Crippen LogP contribution in [0.4, 0.5) is 0 Å². The van der Waals surface area contributed by atoms with Crippen molar-refractivity contribution in [3.05, 3.63) is 34.3 Å². The van der Waals surface area contributed by atoms with Crippen molar-refractivity contribution in [3.8, 4) is 0 Å². The second kappa shape index (κ2) is 5.23. The van der Waals surface area contributed by atoms with Crippen LogP contribution in [0.25, 0.3) is 0 Å². The van der Waals surface area contributed by atoms with Gasteiger partial charge in [0.1, 0.15) is 5.71 Å². The van der Waals surface area contributed by atoms with Gasteiger partial charge in [-0.05, 0) is 12.1 Å². The topological polar surface area (TPSA) is 58.5 Å². The van der Waals surface area contributed by atoms with Crippen molar-refractivity contribution < 1.29 is 9.59 Å². The van der Waals surface area contributed by atoms with Crippen molar-refractivity contribution in [1.82, 2.24) is 5.32 Å². The van der Waals surface area contributed by atoms with Crippen LogP contribution in [-0.4, -0.2) is 30.5 Å². The molecular formula is C12H11BrN2O2. The summed E-state index contributed by atoms with van der Waals surface area (Å²) in [6.45, 7) is 1.10. The molecule has 88 valence electrons. The number of nitrogens with one attached hydrogen (secondary N) is 1. The van der Waals surface area contributed by atoms with Crippen LogP contribution in [0.3, 0.4) is 0 Å². The zero-order chi connectivity index (χ0) is 12.3. The van der Waals surface area contributed by atoms with E-state index in [0.29, 0.717) is 24.4 Å². The number of hydrogen-bond donors (Lipinski definition) is 1. The third-order valence-electron chi connectivity index (χ3n) is 2.46. The van der Waals surface area contributed by atoms with Gasteiger partial charge >= 0.3 is 0 Å². The average molecular weight is 295 g/mol. The van der Waals surface area contributed by atoms with E-state index in [2.05, 4.69) is 26.2 Å². The van der Waals surface area contributed by atoms with E-state index in [-0.39, 0.29) is 18.1 Å². The van der Waals surface area contributed by atoms with Gasteiger partial charge in [-0.1, -0.05) is 28.1 Å². The Hall–Kier alpha value is -1.49. The van der Waals surface area contributed by atoms with Crippen molar-refractivity contribution >= 4 is 33.3 Å². The van der Waals surface area contributed by atoms with Crippen LogP contribution in [0.1, 0.15) is 16.8 Å². The number of carbonyl (C=O) groups excluding carboxylic acids is 2. The Morgan fingerprint density at radius 3 is 2.71 bits per heavy atom. The van der Waals surface area contributed by atoms with Gasteiger partial charge in [0.15, 0.2) is 5.78 Å². The van der Waals surface area contributed by atoms with Gasteiger partial charge in [0.05, 0.1) is 13.0 Å². The van der Waals surface area contributed by atoms with E-state index in [1.165, 1.54) is 0 Å². The molecule has 0 bridgehead atoms. The summed E-state index contributed by atoms with van der Waals surface area (Å²) in [6, 6.07) is 7.06. The van der Waals surface area contributed by atoms with Crippen LogP contribution >= 0.6 is 15.9 Å². The van der Waals surface area contributed by atoms with Crippen molar-refractivity contribution in [2.24, 2.45) is 4.99 Å². The lowest BCUT2D eigenvalue weighted by Gasteiger charge is -2.11. The van der Waals surface area contributed by atoms with Gasteiger partial charge in [-0.3, -0.25) is 14.6 Å². The van der Waals surface area contributed by atoms with Gasteiger partial charge in [0.25, 0.3) is 5.91 Å². The number of Topliss-reactive ketones (excluding diaryl/α,β-unsaturated/α-hetero) is 1. The molecule has 17 heavy (non-hydrogen) atoms. The number of ketones is 1. The van der Waals surface area contributed by atoms with E-state index in [9.17, 15) is 9.59 Å². The van der Waals surface area contributed by atoms with Crippen LogP contribution in [0, 0.1) is 0 Å². The third kappa shape index (κ3) is 3.00. The molecule has 0 radical (unpaired) electrons. The minimum absolute atomic E-state index is 0.0630. The Balaban J connectivity index is 2.09. The van der Waals surface area contributed by atoms with Gasteiger partial charge < -0.3 is 5.32 Å². The molecule has 2 rings (SSSR count). The molecule has 0 atom stereocenters. The number of halogens is 1. The lowest BCUT2D eigenvalue weighted by atomic mass is 10.0. The van der Waals surface area contributed by atoms with E-state index >= 15 is 0 Å². The number of amides is 1. The normalized spacial score (nSPS) is 15.1. The zero-order valence-electron chi connectivity index (χ0n) is 9.07. The summed E-state index contributed by atoms with van der Waals surface area (Å²) in [5.41, 5.74) is 0.915. The van der Waals surface area contributed by atoms with Crippen molar-refractivity contribution in [1.29, 1.82) is 0 Å². The monoisotopic (exact) mass is 294 g/mol. The molecule has 1 aromatic rings. The first kappa shape index (κ1) is 12.0. The summed E-state index contributed by atoms with van der Waals surface area (Å²) in [6.07, 6.45) is 0.0630. The van der Waals surface area contributed by atoms with Crippen LogP contribution in [0.15, 0.2) is 33.7 Å². The molecular weight excluding hydrogens is 284 g/mol. The fourth-order valence-electron chi connectivity index (χ4n) is 1.56. The number of aliphatic imine (C=N–C) groups is 1. The van der Waals surface area contributed by atoms with Gasteiger partial charge in [0.2, 0.25) is 0 Å². The van der Waals surface area contributed by atoms with Crippen LogP contribution < -0.4 is 5.32 Å². The van der Waals surface area contributed by atoms with Crippen molar-refractivity contribution in [2.45, 2.75) is 6.42 Å². The van der Waals surface area contributed by atoms with E-state index in [1.807, 2.05) is 0 Å². The van der Waals surface area contributed by atoms with E-state index in [1.54, 1.807) is 24.3 Å². The zero-order valence-corrected chi connectivity index (χ0v) is 10.7. The summed E-state index contributed by atoms with van der Waals surface area (Å²) in [5, 5.41) is 2.67. The summed E-state index contributed by atoms with van der Waals surface area (Å²) in [5.74, 6) is -0.324. The molecule has 0 fully saturated rings. The maximum Gasteiger partial charge on any atom is 0.265 e. The standard InChI is InChI=1S/C12H11BrN2O2/c13-9-3-1-8(2-4-9)11(16)7-10-12(17)15-6-5-14-10/h1-4H,5-7H2,(H,15,17). The fraction of sp³-hybridized carbons (Fsp3) is 0.250. The molecule has 1 amide bonds.